The lowest BCUT2D eigenvalue weighted by Crippen LogP contribution is -2.40. The molecule has 6 heteroatoms. The molecule has 0 atom stereocenters. The first-order chi connectivity index (χ1) is 13.6. The number of para-hydroxylation sites is 1. The summed E-state index contributed by atoms with van der Waals surface area (Å²) in [6.45, 7) is 4.36. The highest BCUT2D eigenvalue weighted by molar-refractivity contribution is 5.98. The van der Waals surface area contributed by atoms with Gasteiger partial charge in [-0.3, -0.25) is 9.59 Å². The number of carbonyl (C=O) groups excluding carboxylic acids is 2. The average molecular weight is 377 g/mol. The number of rotatable bonds is 4. The fourth-order valence-electron chi connectivity index (χ4n) is 3.57. The van der Waals surface area contributed by atoms with Crippen LogP contribution >= 0.6 is 0 Å². The van der Waals surface area contributed by atoms with E-state index in [-0.39, 0.29) is 11.8 Å². The lowest BCUT2D eigenvalue weighted by atomic mass is 10.1. The number of amides is 2. The Labute approximate surface area is 163 Å². The summed E-state index contributed by atoms with van der Waals surface area (Å²) < 4.78 is 5.28. The molecule has 2 amide bonds. The van der Waals surface area contributed by atoms with Crippen LogP contribution in [0.2, 0.25) is 0 Å². The van der Waals surface area contributed by atoms with Crippen molar-refractivity contribution in [2.24, 2.45) is 0 Å². The van der Waals surface area contributed by atoms with Crippen LogP contribution in [0.3, 0.4) is 0 Å². The Hall–Kier alpha value is -3.12. The van der Waals surface area contributed by atoms with Crippen molar-refractivity contribution >= 4 is 28.4 Å². The molecule has 28 heavy (non-hydrogen) atoms. The van der Waals surface area contributed by atoms with Gasteiger partial charge < -0.3 is 19.9 Å². The lowest BCUT2D eigenvalue weighted by molar-refractivity contribution is -0.115. The van der Waals surface area contributed by atoms with Gasteiger partial charge in [-0.15, -0.1) is 0 Å². The minimum Gasteiger partial charge on any atom is -0.378 e. The van der Waals surface area contributed by atoms with Crippen LogP contribution in [0.25, 0.3) is 10.9 Å². The topological polar surface area (TPSA) is 74.4 Å². The number of morpholine rings is 1. The van der Waals surface area contributed by atoms with Crippen molar-refractivity contribution in [3.05, 3.63) is 65.4 Å². The molecule has 4 rings (SSSR count). The van der Waals surface area contributed by atoms with Gasteiger partial charge in [0.2, 0.25) is 5.91 Å². The second-order valence-corrected chi connectivity index (χ2v) is 6.98. The van der Waals surface area contributed by atoms with E-state index >= 15 is 0 Å². The molecule has 0 unspecified atom stereocenters. The van der Waals surface area contributed by atoms with E-state index in [0.717, 1.165) is 22.2 Å². The maximum absolute atomic E-state index is 12.5. The molecule has 0 radical (unpaired) electrons. The molecule has 2 aromatic carbocycles. The fourth-order valence-corrected chi connectivity index (χ4v) is 3.57. The molecule has 0 bridgehead atoms. The summed E-state index contributed by atoms with van der Waals surface area (Å²) in [5.74, 6) is -0.0873. The van der Waals surface area contributed by atoms with Gasteiger partial charge in [0.05, 0.1) is 19.6 Å². The van der Waals surface area contributed by atoms with E-state index in [1.165, 1.54) is 0 Å². The Balaban J connectivity index is 1.42. The molecule has 0 aliphatic carbocycles. The van der Waals surface area contributed by atoms with Crippen LogP contribution in [0.15, 0.2) is 48.5 Å². The zero-order valence-electron chi connectivity index (χ0n) is 15.8. The first-order valence-electron chi connectivity index (χ1n) is 9.45. The number of anilines is 1. The summed E-state index contributed by atoms with van der Waals surface area (Å²) >= 11 is 0. The smallest absolute Gasteiger partial charge is 0.254 e. The van der Waals surface area contributed by atoms with Crippen molar-refractivity contribution in [2.45, 2.75) is 13.3 Å². The van der Waals surface area contributed by atoms with E-state index in [0.29, 0.717) is 44.0 Å². The summed E-state index contributed by atoms with van der Waals surface area (Å²) in [7, 11) is 0. The molecule has 1 aliphatic heterocycles. The highest BCUT2D eigenvalue weighted by Crippen LogP contribution is 2.23. The third-order valence-electron chi connectivity index (χ3n) is 5.08. The van der Waals surface area contributed by atoms with Crippen molar-refractivity contribution in [1.29, 1.82) is 0 Å². The number of nitrogens with one attached hydrogen (secondary N) is 2. The Kier molecular flexibility index (Phi) is 5.12. The molecule has 2 heterocycles. The summed E-state index contributed by atoms with van der Waals surface area (Å²) in [6.07, 6.45) is 0.296. The minimum absolute atomic E-state index is 0.00408. The number of nitrogens with zero attached hydrogens (tertiary/aromatic N) is 1. The van der Waals surface area contributed by atoms with Crippen molar-refractivity contribution < 1.29 is 14.3 Å². The van der Waals surface area contributed by atoms with Gasteiger partial charge >= 0.3 is 0 Å². The third-order valence-corrected chi connectivity index (χ3v) is 5.08. The van der Waals surface area contributed by atoms with Gasteiger partial charge in [0.15, 0.2) is 0 Å². The van der Waals surface area contributed by atoms with Crippen LogP contribution < -0.4 is 5.32 Å². The number of benzene rings is 2. The van der Waals surface area contributed by atoms with Gasteiger partial charge in [0.1, 0.15) is 0 Å². The lowest BCUT2D eigenvalue weighted by Gasteiger charge is -2.26. The highest BCUT2D eigenvalue weighted by Gasteiger charge is 2.18. The Morgan fingerprint density at radius 2 is 1.79 bits per heavy atom. The van der Waals surface area contributed by atoms with Crippen LogP contribution in [0, 0.1) is 6.92 Å². The zero-order valence-corrected chi connectivity index (χ0v) is 15.8. The molecule has 0 saturated carbocycles. The quantitative estimate of drug-likeness (QED) is 0.734. The Morgan fingerprint density at radius 1 is 1.07 bits per heavy atom. The van der Waals surface area contributed by atoms with Crippen molar-refractivity contribution in [2.75, 3.05) is 31.6 Å². The number of hydrogen-bond acceptors (Lipinski definition) is 3. The standard InChI is InChI=1S/C22H23N3O3/c1-15-19(18-4-2-3-5-20(18)23-15)14-21(26)24-17-8-6-16(7-9-17)22(27)25-10-12-28-13-11-25/h2-9,23H,10-14H2,1H3,(H,24,26). The monoisotopic (exact) mass is 377 g/mol. The number of carbonyl (C=O) groups is 2. The first-order valence-corrected chi connectivity index (χ1v) is 9.45. The minimum atomic E-state index is -0.0832. The summed E-state index contributed by atoms with van der Waals surface area (Å²) in [6, 6.07) is 15.0. The van der Waals surface area contributed by atoms with Crippen molar-refractivity contribution in [3.8, 4) is 0 Å². The largest absolute Gasteiger partial charge is 0.378 e. The van der Waals surface area contributed by atoms with Crippen molar-refractivity contribution in [3.63, 3.8) is 0 Å². The predicted octanol–water partition coefficient (Wildman–Crippen LogP) is 3.13. The number of aromatic amines is 1. The van der Waals surface area contributed by atoms with Crippen LogP contribution in [0.4, 0.5) is 5.69 Å². The zero-order chi connectivity index (χ0) is 19.5. The molecule has 3 aromatic rings. The first kappa shape index (κ1) is 18.3. The fraction of sp³-hybridized carbons (Fsp3) is 0.273. The van der Waals surface area contributed by atoms with E-state index in [1.807, 2.05) is 31.2 Å². The Bertz CT molecular complexity index is 1000. The van der Waals surface area contributed by atoms with Gasteiger partial charge in [-0.2, -0.15) is 0 Å². The Morgan fingerprint density at radius 3 is 2.54 bits per heavy atom. The van der Waals surface area contributed by atoms with E-state index in [4.69, 9.17) is 4.74 Å². The molecule has 0 spiro atoms. The third kappa shape index (κ3) is 3.77. The van der Waals surface area contributed by atoms with Gasteiger partial charge in [-0.25, -0.2) is 0 Å². The SMILES string of the molecule is Cc1[nH]c2ccccc2c1CC(=O)Nc1ccc(C(=O)N2CCOCC2)cc1. The number of aromatic nitrogens is 1. The number of hydrogen-bond donors (Lipinski definition) is 2. The summed E-state index contributed by atoms with van der Waals surface area (Å²) in [5, 5.41) is 3.99. The molecular formula is C22H23N3O3. The summed E-state index contributed by atoms with van der Waals surface area (Å²) in [5.41, 5.74) is 4.34. The van der Waals surface area contributed by atoms with Crippen LogP contribution in [0.1, 0.15) is 21.6 Å². The molecule has 1 saturated heterocycles. The molecule has 1 aromatic heterocycles. The molecule has 144 valence electrons. The van der Waals surface area contributed by atoms with Gasteiger partial charge in [0.25, 0.3) is 5.91 Å². The maximum atomic E-state index is 12.5. The predicted molar refractivity (Wildman–Crippen MR) is 109 cm³/mol. The number of ether oxygens (including phenoxy) is 1. The van der Waals surface area contributed by atoms with Gasteiger partial charge in [0, 0.05) is 40.9 Å². The molecule has 1 fully saturated rings. The maximum Gasteiger partial charge on any atom is 0.254 e. The number of H-pyrrole nitrogens is 1. The average Bonchev–Trinajstić information content (AvgIpc) is 3.04. The van der Waals surface area contributed by atoms with Gasteiger partial charge in [-0.05, 0) is 42.8 Å². The van der Waals surface area contributed by atoms with E-state index in [1.54, 1.807) is 29.2 Å². The summed E-state index contributed by atoms with van der Waals surface area (Å²) in [4.78, 5) is 30.1. The second kappa shape index (κ2) is 7.86. The van der Waals surface area contributed by atoms with E-state index < -0.39 is 0 Å². The molecule has 6 nitrogen and oxygen atoms in total. The molecular weight excluding hydrogens is 354 g/mol. The molecule has 2 N–H and O–H groups in total. The van der Waals surface area contributed by atoms with E-state index in [2.05, 4.69) is 10.3 Å². The number of fused-ring (bicyclic) bond motifs is 1. The molecule has 1 aliphatic rings. The van der Waals surface area contributed by atoms with E-state index in [9.17, 15) is 9.59 Å². The van der Waals surface area contributed by atoms with Crippen molar-refractivity contribution in [1.82, 2.24) is 9.88 Å². The van der Waals surface area contributed by atoms with Crippen LogP contribution in [0.5, 0.6) is 0 Å². The van der Waals surface area contributed by atoms with Crippen LogP contribution in [-0.4, -0.2) is 48.0 Å². The van der Waals surface area contributed by atoms with Gasteiger partial charge in [-0.1, -0.05) is 18.2 Å². The highest BCUT2D eigenvalue weighted by atomic mass is 16.5. The second-order valence-electron chi connectivity index (χ2n) is 6.98. The normalized spacial score (nSPS) is 14.2. The van der Waals surface area contributed by atoms with Crippen LogP contribution in [-0.2, 0) is 16.0 Å². The number of aryl methyl sites for hydroxylation is 1.